The van der Waals surface area contributed by atoms with Gasteiger partial charge in [-0.15, -0.1) is 0 Å². The average Bonchev–Trinajstić information content (AvgIpc) is 2.39. The highest BCUT2D eigenvalue weighted by molar-refractivity contribution is 5.89. The van der Waals surface area contributed by atoms with E-state index < -0.39 is 5.97 Å². The van der Waals surface area contributed by atoms with E-state index in [1.54, 1.807) is 36.5 Å². The van der Waals surface area contributed by atoms with Crippen molar-refractivity contribution in [2.24, 2.45) is 0 Å². The zero-order chi connectivity index (χ0) is 13.8. The number of carbonyl (C=O) groups excluding carboxylic acids is 1. The molecule has 0 saturated heterocycles. The van der Waals surface area contributed by atoms with Crippen molar-refractivity contribution in [3.8, 4) is 11.1 Å². The van der Waals surface area contributed by atoms with Gasteiger partial charge in [0.05, 0.1) is 5.56 Å². The molecular formula is C14H12N2O3. The second-order valence-corrected chi connectivity index (χ2v) is 4.00. The van der Waals surface area contributed by atoms with Crippen molar-refractivity contribution in [2.45, 2.75) is 6.92 Å². The Morgan fingerprint density at radius 2 is 1.68 bits per heavy atom. The molecule has 5 heteroatoms. The van der Waals surface area contributed by atoms with Crippen LogP contribution in [0.1, 0.15) is 17.3 Å². The monoisotopic (exact) mass is 256 g/mol. The molecule has 2 rings (SSSR count). The highest BCUT2D eigenvalue weighted by Gasteiger charge is 2.04. The summed E-state index contributed by atoms with van der Waals surface area (Å²) in [6.07, 6.45) is 1.63. The van der Waals surface area contributed by atoms with E-state index in [0.717, 1.165) is 11.1 Å². The first-order chi connectivity index (χ1) is 9.06. The Hall–Kier alpha value is -2.69. The van der Waals surface area contributed by atoms with Crippen molar-refractivity contribution in [1.29, 1.82) is 0 Å². The maximum absolute atomic E-state index is 10.9. The number of nitrogens with zero attached hydrogens (tertiary/aromatic N) is 1. The summed E-state index contributed by atoms with van der Waals surface area (Å²) in [4.78, 5) is 25.7. The van der Waals surface area contributed by atoms with Crippen LogP contribution in [-0.4, -0.2) is 22.0 Å². The minimum Gasteiger partial charge on any atom is -0.478 e. The van der Waals surface area contributed by atoms with Crippen LogP contribution in [0.15, 0.2) is 42.6 Å². The van der Waals surface area contributed by atoms with E-state index in [1.165, 1.54) is 6.92 Å². The number of benzene rings is 1. The fourth-order valence-electron chi connectivity index (χ4n) is 1.62. The van der Waals surface area contributed by atoms with E-state index in [2.05, 4.69) is 10.3 Å². The molecule has 2 N–H and O–H groups in total. The zero-order valence-corrected chi connectivity index (χ0v) is 10.3. The van der Waals surface area contributed by atoms with Crippen molar-refractivity contribution >= 4 is 17.7 Å². The Labute approximate surface area is 109 Å². The molecule has 19 heavy (non-hydrogen) atoms. The van der Waals surface area contributed by atoms with Crippen LogP contribution in [-0.2, 0) is 4.79 Å². The second-order valence-electron chi connectivity index (χ2n) is 4.00. The number of carboxylic acid groups (broad SMARTS) is 1. The van der Waals surface area contributed by atoms with Gasteiger partial charge in [0.25, 0.3) is 0 Å². The lowest BCUT2D eigenvalue weighted by atomic mass is 10.1. The van der Waals surface area contributed by atoms with Crippen LogP contribution in [0, 0.1) is 0 Å². The number of aromatic nitrogens is 1. The Balaban J connectivity index is 2.22. The van der Waals surface area contributed by atoms with E-state index >= 15 is 0 Å². The molecule has 0 unspecified atom stereocenters. The second kappa shape index (κ2) is 5.30. The zero-order valence-electron chi connectivity index (χ0n) is 10.3. The molecule has 0 saturated carbocycles. The number of carboxylic acids is 1. The topological polar surface area (TPSA) is 79.3 Å². The Morgan fingerprint density at radius 3 is 2.16 bits per heavy atom. The summed E-state index contributed by atoms with van der Waals surface area (Å²) in [6.45, 7) is 1.42. The van der Waals surface area contributed by atoms with Crippen LogP contribution in [0.4, 0.5) is 5.82 Å². The number of hydrogen-bond acceptors (Lipinski definition) is 3. The summed E-state index contributed by atoms with van der Waals surface area (Å²) < 4.78 is 0. The van der Waals surface area contributed by atoms with Gasteiger partial charge < -0.3 is 10.4 Å². The molecule has 0 aliphatic heterocycles. The molecule has 0 spiro atoms. The number of anilines is 1. The first-order valence-electron chi connectivity index (χ1n) is 5.63. The molecule has 1 heterocycles. The molecule has 0 radical (unpaired) electrons. The molecule has 1 aromatic heterocycles. The molecule has 0 atom stereocenters. The predicted octanol–water partition coefficient (Wildman–Crippen LogP) is 2.41. The van der Waals surface area contributed by atoms with E-state index in [0.29, 0.717) is 5.82 Å². The van der Waals surface area contributed by atoms with E-state index in [-0.39, 0.29) is 11.5 Å². The SMILES string of the molecule is CC(=O)Nc1ccc(-c2ccc(C(=O)O)cc2)cn1. The maximum Gasteiger partial charge on any atom is 0.335 e. The van der Waals surface area contributed by atoms with Crippen LogP contribution in [0.2, 0.25) is 0 Å². The first kappa shape index (κ1) is 12.8. The normalized spacial score (nSPS) is 9.95. The maximum atomic E-state index is 10.9. The summed E-state index contributed by atoms with van der Waals surface area (Å²) in [5.41, 5.74) is 1.96. The Bertz CT molecular complexity index is 604. The molecule has 1 amide bonds. The lowest BCUT2D eigenvalue weighted by Crippen LogP contribution is -2.06. The average molecular weight is 256 g/mol. The van der Waals surface area contributed by atoms with Gasteiger partial charge in [0.15, 0.2) is 0 Å². The largest absolute Gasteiger partial charge is 0.478 e. The van der Waals surface area contributed by atoms with Crippen LogP contribution in [0.25, 0.3) is 11.1 Å². The van der Waals surface area contributed by atoms with Gasteiger partial charge in [-0.25, -0.2) is 9.78 Å². The fraction of sp³-hybridized carbons (Fsp3) is 0.0714. The van der Waals surface area contributed by atoms with E-state index in [9.17, 15) is 9.59 Å². The third-order valence-electron chi connectivity index (χ3n) is 2.53. The predicted molar refractivity (Wildman–Crippen MR) is 70.9 cm³/mol. The number of rotatable bonds is 3. The molecule has 5 nitrogen and oxygen atoms in total. The van der Waals surface area contributed by atoms with Gasteiger partial charge >= 0.3 is 5.97 Å². The molecule has 0 fully saturated rings. The number of aromatic carboxylic acids is 1. The highest BCUT2D eigenvalue weighted by Crippen LogP contribution is 2.20. The number of amides is 1. The van der Waals surface area contributed by atoms with Gasteiger partial charge in [-0.1, -0.05) is 12.1 Å². The molecule has 0 aliphatic rings. The molecule has 0 bridgehead atoms. The van der Waals surface area contributed by atoms with E-state index in [4.69, 9.17) is 5.11 Å². The molecule has 0 aliphatic carbocycles. The van der Waals surface area contributed by atoms with Gasteiger partial charge in [-0.05, 0) is 29.8 Å². The lowest BCUT2D eigenvalue weighted by molar-refractivity contribution is -0.114. The van der Waals surface area contributed by atoms with Crippen molar-refractivity contribution in [2.75, 3.05) is 5.32 Å². The third-order valence-corrected chi connectivity index (χ3v) is 2.53. The summed E-state index contributed by atoms with van der Waals surface area (Å²) in [5, 5.41) is 11.4. The van der Waals surface area contributed by atoms with Gasteiger partial charge in [-0.3, -0.25) is 4.79 Å². The number of pyridine rings is 1. The van der Waals surface area contributed by atoms with Gasteiger partial charge in [0.2, 0.25) is 5.91 Å². The number of nitrogens with one attached hydrogen (secondary N) is 1. The standard InChI is InChI=1S/C14H12N2O3/c1-9(17)16-13-7-6-12(8-15-13)10-2-4-11(5-3-10)14(18)19/h2-8H,1H3,(H,18,19)(H,15,16,17). The summed E-state index contributed by atoms with van der Waals surface area (Å²) in [5.74, 6) is -0.643. The van der Waals surface area contributed by atoms with Gasteiger partial charge in [0.1, 0.15) is 5.82 Å². The smallest absolute Gasteiger partial charge is 0.335 e. The van der Waals surface area contributed by atoms with E-state index in [1.807, 2.05) is 6.07 Å². The first-order valence-corrected chi connectivity index (χ1v) is 5.63. The van der Waals surface area contributed by atoms with Crippen molar-refractivity contribution < 1.29 is 14.7 Å². The van der Waals surface area contributed by atoms with Gasteiger partial charge in [-0.2, -0.15) is 0 Å². The fourth-order valence-corrected chi connectivity index (χ4v) is 1.62. The molecular weight excluding hydrogens is 244 g/mol. The number of hydrogen-bond donors (Lipinski definition) is 2. The number of carbonyl (C=O) groups is 2. The van der Waals surface area contributed by atoms with Crippen LogP contribution < -0.4 is 5.32 Å². The van der Waals surface area contributed by atoms with Crippen molar-refractivity contribution in [3.05, 3.63) is 48.2 Å². The lowest BCUT2D eigenvalue weighted by Gasteiger charge is -2.04. The summed E-state index contributed by atoms with van der Waals surface area (Å²) in [6, 6.07) is 10.0. The molecule has 96 valence electrons. The Morgan fingerprint density at radius 1 is 1.05 bits per heavy atom. The van der Waals surface area contributed by atoms with Crippen molar-refractivity contribution in [1.82, 2.24) is 4.98 Å². The quantitative estimate of drug-likeness (QED) is 0.883. The summed E-state index contributed by atoms with van der Waals surface area (Å²) >= 11 is 0. The highest BCUT2D eigenvalue weighted by atomic mass is 16.4. The van der Waals surface area contributed by atoms with Crippen LogP contribution in [0.3, 0.4) is 0 Å². The minimum absolute atomic E-state index is 0.175. The van der Waals surface area contributed by atoms with Crippen LogP contribution in [0.5, 0.6) is 0 Å². The van der Waals surface area contributed by atoms with Crippen LogP contribution >= 0.6 is 0 Å². The van der Waals surface area contributed by atoms with Crippen molar-refractivity contribution in [3.63, 3.8) is 0 Å². The minimum atomic E-state index is -0.953. The molecule has 2 aromatic rings. The molecule has 1 aromatic carbocycles. The summed E-state index contributed by atoms with van der Waals surface area (Å²) in [7, 11) is 0. The van der Waals surface area contributed by atoms with Gasteiger partial charge in [0, 0.05) is 18.7 Å². The Kier molecular flexibility index (Phi) is 3.56. The third kappa shape index (κ3) is 3.16.